The Kier molecular flexibility index (Phi) is 4.47. The maximum absolute atomic E-state index is 5.63. The molecule has 16 heavy (non-hydrogen) atoms. The summed E-state index contributed by atoms with van der Waals surface area (Å²) < 4.78 is 6.73. The van der Waals surface area contributed by atoms with Gasteiger partial charge < -0.3 is 9.73 Å². The minimum Gasteiger partial charge on any atom is -0.466 e. The van der Waals surface area contributed by atoms with Crippen molar-refractivity contribution in [3.63, 3.8) is 0 Å². The summed E-state index contributed by atoms with van der Waals surface area (Å²) in [5.41, 5.74) is 0. The molecule has 1 heterocycles. The van der Waals surface area contributed by atoms with E-state index in [1.54, 1.807) is 6.26 Å². The van der Waals surface area contributed by atoms with Gasteiger partial charge in [-0.2, -0.15) is 0 Å². The quantitative estimate of drug-likeness (QED) is 0.874. The van der Waals surface area contributed by atoms with Gasteiger partial charge in [-0.15, -0.1) is 0 Å². The van der Waals surface area contributed by atoms with Gasteiger partial charge in [-0.05, 0) is 53.7 Å². The van der Waals surface area contributed by atoms with Crippen molar-refractivity contribution in [3.8, 4) is 0 Å². The first-order chi connectivity index (χ1) is 7.83. The Labute approximate surface area is 106 Å². The molecule has 1 aliphatic carbocycles. The lowest BCUT2D eigenvalue weighted by Crippen LogP contribution is -2.27. The normalized spacial score (nSPS) is 19.1. The molecule has 0 aliphatic heterocycles. The summed E-state index contributed by atoms with van der Waals surface area (Å²) in [4.78, 5) is 0. The molecule has 1 unspecified atom stereocenters. The van der Waals surface area contributed by atoms with Crippen LogP contribution in [-0.2, 0) is 0 Å². The van der Waals surface area contributed by atoms with Gasteiger partial charge in [0.25, 0.3) is 0 Å². The maximum atomic E-state index is 5.63. The van der Waals surface area contributed by atoms with E-state index in [0.29, 0.717) is 6.04 Å². The van der Waals surface area contributed by atoms with Gasteiger partial charge >= 0.3 is 0 Å². The van der Waals surface area contributed by atoms with Crippen LogP contribution < -0.4 is 5.32 Å². The van der Waals surface area contributed by atoms with E-state index in [2.05, 4.69) is 28.2 Å². The Morgan fingerprint density at radius 3 is 2.81 bits per heavy atom. The summed E-state index contributed by atoms with van der Waals surface area (Å²) in [7, 11) is 0. The molecular weight excluding hydrogens is 266 g/mol. The monoisotopic (exact) mass is 285 g/mol. The van der Waals surface area contributed by atoms with Gasteiger partial charge in [0.1, 0.15) is 5.76 Å². The summed E-state index contributed by atoms with van der Waals surface area (Å²) in [5.74, 6) is 1.83. The highest BCUT2D eigenvalue weighted by Crippen LogP contribution is 2.38. The largest absolute Gasteiger partial charge is 0.466 e. The highest BCUT2D eigenvalue weighted by molar-refractivity contribution is 9.10. The Balaban J connectivity index is 2.10. The zero-order chi connectivity index (χ0) is 11.4. The molecule has 2 nitrogen and oxygen atoms in total. The standard InChI is InChI=1S/C13H20BrNO/c1-2-8-15-12(10-5-3-4-6-10)13-11(14)7-9-16-13/h7,9-10,12,15H,2-6,8H2,1H3. The molecular formula is C13H20BrNO. The van der Waals surface area contributed by atoms with E-state index in [4.69, 9.17) is 4.42 Å². The van der Waals surface area contributed by atoms with Crippen molar-refractivity contribution in [2.75, 3.05) is 6.54 Å². The Bertz CT molecular complexity index is 317. The molecule has 0 amide bonds. The second-order valence-corrected chi connectivity index (χ2v) is 5.46. The molecule has 1 aliphatic rings. The van der Waals surface area contributed by atoms with Crippen molar-refractivity contribution in [3.05, 3.63) is 22.6 Å². The van der Waals surface area contributed by atoms with Gasteiger partial charge in [0.15, 0.2) is 0 Å². The average molecular weight is 286 g/mol. The molecule has 1 aromatic heterocycles. The molecule has 0 radical (unpaired) electrons. The fourth-order valence-corrected chi connectivity index (χ4v) is 3.04. The summed E-state index contributed by atoms with van der Waals surface area (Å²) in [6.45, 7) is 3.27. The van der Waals surface area contributed by atoms with Crippen molar-refractivity contribution in [1.29, 1.82) is 0 Å². The molecule has 1 fully saturated rings. The number of halogens is 1. The molecule has 3 heteroatoms. The van der Waals surface area contributed by atoms with Crippen LogP contribution >= 0.6 is 15.9 Å². The van der Waals surface area contributed by atoms with E-state index < -0.39 is 0 Å². The molecule has 1 aromatic rings. The van der Waals surface area contributed by atoms with Crippen LogP contribution in [0.25, 0.3) is 0 Å². The number of furan rings is 1. The van der Waals surface area contributed by atoms with E-state index in [9.17, 15) is 0 Å². The summed E-state index contributed by atoms with van der Waals surface area (Å²) in [5, 5.41) is 3.63. The van der Waals surface area contributed by atoms with E-state index in [1.807, 2.05) is 6.07 Å². The zero-order valence-corrected chi connectivity index (χ0v) is 11.4. The van der Waals surface area contributed by atoms with Crippen molar-refractivity contribution in [2.45, 2.75) is 45.1 Å². The van der Waals surface area contributed by atoms with Crippen molar-refractivity contribution >= 4 is 15.9 Å². The summed E-state index contributed by atoms with van der Waals surface area (Å²) >= 11 is 3.57. The van der Waals surface area contributed by atoms with Gasteiger partial charge in [0.2, 0.25) is 0 Å². The SMILES string of the molecule is CCCNC(c1occc1Br)C1CCCC1. The third kappa shape index (κ3) is 2.69. The van der Waals surface area contributed by atoms with Crippen LogP contribution in [0.3, 0.4) is 0 Å². The molecule has 1 atom stereocenters. The van der Waals surface area contributed by atoms with E-state index in [1.165, 1.54) is 32.1 Å². The number of hydrogen-bond donors (Lipinski definition) is 1. The van der Waals surface area contributed by atoms with E-state index >= 15 is 0 Å². The van der Waals surface area contributed by atoms with Crippen molar-refractivity contribution in [2.24, 2.45) is 5.92 Å². The predicted octanol–water partition coefficient (Wildman–Crippen LogP) is 4.27. The minimum absolute atomic E-state index is 0.395. The minimum atomic E-state index is 0.395. The number of nitrogens with one attached hydrogen (secondary N) is 1. The highest BCUT2D eigenvalue weighted by Gasteiger charge is 2.29. The molecule has 90 valence electrons. The van der Waals surface area contributed by atoms with Gasteiger partial charge in [0.05, 0.1) is 16.8 Å². The van der Waals surface area contributed by atoms with Gasteiger partial charge in [0, 0.05) is 0 Å². The first-order valence-electron chi connectivity index (χ1n) is 6.29. The Morgan fingerprint density at radius 1 is 1.50 bits per heavy atom. The lowest BCUT2D eigenvalue weighted by molar-refractivity contribution is 0.311. The smallest absolute Gasteiger partial charge is 0.135 e. The molecule has 1 N–H and O–H groups in total. The topological polar surface area (TPSA) is 25.2 Å². The second kappa shape index (κ2) is 5.87. The Morgan fingerprint density at radius 2 is 2.25 bits per heavy atom. The first kappa shape index (κ1) is 12.2. The molecule has 0 spiro atoms. The number of hydrogen-bond acceptors (Lipinski definition) is 2. The third-order valence-electron chi connectivity index (χ3n) is 3.41. The van der Waals surface area contributed by atoms with Crippen LogP contribution in [0, 0.1) is 5.92 Å². The molecule has 0 saturated heterocycles. The van der Waals surface area contributed by atoms with E-state index in [0.717, 1.165) is 22.7 Å². The van der Waals surface area contributed by atoms with Gasteiger partial charge in [-0.1, -0.05) is 19.8 Å². The lowest BCUT2D eigenvalue weighted by Gasteiger charge is -2.23. The van der Waals surface area contributed by atoms with Crippen molar-refractivity contribution < 1.29 is 4.42 Å². The fourth-order valence-electron chi connectivity index (χ4n) is 2.59. The predicted molar refractivity (Wildman–Crippen MR) is 69.4 cm³/mol. The summed E-state index contributed by atoms with van der Waals surface area (Å²) in [6.07, 6.45) is 8.33. The van der Waals surface area contributed by atoms with Crippen LogP contribution in [0.1, 0.15) is 50.8 Å². The number of rotatable bonds is 5. The molecule has 0 aromatic carbocycles. The Hall–Kier alpha value is -0.280. The van der Waals surface area contributed by atoms with Crippen LogP contribution in [0.2, 0.25) is 0 Å². The van der Waals surface area contributed by atoms with Crippen molar-refractivity contribution in [1.82, 2.24) is 5.32 Å². The maximum Gasteiger partial charge on any atom is 0.135 e. The average Bonchev–Trinajstić information content (AvgIpc) is 2.91. The lowest BCUT2D eigenvalue weighted by atomic mass is 9.96. The van der Waals surface area contributed by atoms with E-state index in [-0.39, 0.29) is 0 Å². The zero-order valence-electron chi connectivity index (χ0n) is 9.84. The van der Waals surface area contributed by atoms with Crippen LogP contribution in [0.4, 0.5) is 0 Å². The highest BCUT2D eigenvalue weighted by atomic mass is 79.9. The third-order valence-corrected chi connectivity index (χ3v) is 4.07. The molecule has 2 rings (SSSR count). The fraction of sp³-hybridized carbons (Fsp3) is 0.692. The van der Waals surface area contributed by atoms with Crippen LogP contribution in [0.15, 0.2) is 21.2 Å². The van der Waals surface area contributed by atoms with Crippen LogP contribution in [-0.4, -0.2) is 6.54 Å². The van der Waals surface area contributed by atoms with Gasteiger partial charge in [-0.25, -0.2) is 0 Å². The summed E-state index contributed by atoms with van der Waals surface area (Å²) in [6, 6.07) is 2.39. The van der Waals surface area contributed by atoms with Gasteiger partial charge in [-0.3, -0.25) is 0 Å². The molecule has 1 saturated carbocycles. The molecule has 0 bridgehead atoms. The first-order valence-corrected chi connectivity index (χ1v) is 7.08. The second-order valence-electron chi connectivity index (χ2n) is 4.61. The van der Waals surface area contributed by atoms with Crippen LogP contribution in [0.5, 0.6) is 0 Å².